The molecule has 44 heavy (non-hydrogen) atoms. The van der Waals surface area contributed by atoms with Gasteiger partial charge in [0.1, 0.15) is 34.4 Å². The van der Waals surface area contributed by atoms with Crippen LogP contribution < -0.4 is 11.1 Å². The van der Waals surface area contributed by atoms with Crippen LogP contribution in [0.25, 0.3) is 11.3 Å². The molecular weight excluding hydrogens is 566 g/mol. The number of nitrogens with two attached hydrogens (primary N) is 1. The van der Waals surface area contributed by atoms with Gasteiger partial charge in [0.05, 0.1) is 18.2 Å². The van der Waals surface area contributed by atoms with Crippen molar-refractivity contribution in [1.29, 1.82) is 0 Å². The van der Waals surface area contributed by atoms with Crippen LogP contribution in [0.1, 0.15) is 33.7 Å². The van der Waals surface area contributed by atoms with Crippen LogP contribution in [-0.2, 0) is 29.1 Å². The van der Waals surface area contributed by atoms with Crippen molar-refractivity contribution in [3.05, 3.63) is 99.7 Å². The minimum absolute atomic E-state index is 0.00761. The SMILES string of the molecule is CN(C)C1C(O)=C(C(N)=O)C(=O)[C@@]2(O)C(O)=C3C(=O)c4c(O)ccc(-c5ccc(CNCc6ccccc6)o5)c4C[C@@H]3C[C@H]12. The second-order valence-corrected chi connectivity index (χ2v) is 11.8. The molecule has 0 aliphatic heterocycles. The van der Waals surface area contributed by atoms with Crippen LogP contribution in [-0.4, -0.2) is 68.5 Å². The smallest absolute Gasteiger partial charge is 0.255 e. The lowest BCUT2D eigenvalue weighted by molar-refractivity contribution is -0.148. The van der Waals surface area contributed by atoms with Crippen LogP contribution in [0.3, 0.4) is 0 Å². The topological polar surface area (TPSA) is 187 Å². The number of aromatic hydroxyl groups is 1. The number of benzene rings is 2. The maximum atomic E-state index is 14.0. The van der Waals surface area contributed by atoms with E-state index in [-0.39, 0.29) is 29.7 Å². The van der Waals surface area contributed by atoms with Gasteiger partial charge in [-0.3, -0.25) is 19.3 Å². The Hall–Kier alpha value is -4.71. The highest BCUT2D eigenvalue weighted by atomic mass is 16.4. The average molecular weight is 600 g/mol. The summed E-state index contributed by atoms with van der Waals surface area (Å²) < 4.78 is 6.13. The van der Waals surface area contributed by atoms with Gasteiger partial charge in [-0.2, -0.15) is 0 Å². The van der Waals surface area contributed by atoms with Crippen LogP contribution in [0, 0.1) is 11.8 Å². The molecule has 11 heteroatoms. The first-order valence-electron chi connectivity index (χ1n) is 14.3. The fourth-order valence-electron chi connectivity index (χ4n) is 7.03. The summed E-state index contributed by atoms with van der Waals surface area (Å²) in [7, 11) is 3.18. The van der Waals surface area contributed by atoms with Gasteiger partial charge in [-0.05, 0) is 68.2 Å². The molecule has 1 amide bonds. The lowest BCUT2D eigenvalue weighted by Crippen LogP contribution is -2.63. The number of aliphatic hydroxyl groups excluding tert-OH is 2. The number of carbonyl (C=O) groups excluding carboxylic acids is 3. The van der Waals surface area contributed by atoms with Gasteiger partial charge in [0.25, 0.3) is 5.91 Å². The average Bonchev–Trinajstić information content (AvgIpc) is 3.44. The Bertz CT molecular complexity index is 1760. The van der Waals surface area contributed by atoms with Gasteiger partial charge in [0.2, 0.25) is 5.78 Å². The Balaban J connectivity index is 1.37. The molecule has 0 radical (unpaired) electrons. The number of primary amides is 1. The summed E-state index contributed by atoms with van der Waals surface area (Å²) in [6, 6.07) is 15.5. The highest BCUT2D eigenvalue weighted by Crippen LogP contribution is 2.53. The highest BCUT2D eigenvalue weighted by Gasteiger charge is 2.63. The van der Waals surface area contributed by atoms with Crippen LogP contribution >= 0.6 is 0 Å². The van der Waals surface area contributed by atoms with Crippen molar-refractivity contribution in [2.45, 2.75) is 37.6 Å². The molecule has 0 bridgehead atoms. The quantitative estimate of drug-likeness (QED) is 0.221. The van der Waals surface area contributed by atoms with Gasteiger partial charge in [-0.25, -0.2) is 0 Å². The molecule has 0 spiro atoms. The van der Waals surface area contributed by atoms with E-state index in [1.807, 2.05) is 36.4 Å². The van der Waals surface area contributed by atoms with E-state index < -0.39 is 58.0 Å². The van der Waals surface area contributed by atoms with E-state index in [9.17, 15) is 34.8 Å². The summed E-state index contributed by atoms with van der Waals surface area (Å²) in [5.74, 6) is -5.72. The fraction of sp³-hybridized carbons (Fsp3) is 0.303. The summed E-state index contributed by atoms with van der Waals surface area (Å²) in [6.07, 6.45) is 0.175. The minimum atomic E-state index is -2.68. The maximum Gasteiger partial charge on any atom is 0.255 e. The van der Waals surface area contributed by atoms with E-state index in [0.29, 0.717) is 35.7 Å². The number of hydrogen-bond acceptors (Lipinski definition) is 10. The molecule has 0 saturated carbocycles. The number of phenolic OH excluding ortho intramolecular Hbond substituents is 1. The predicted octanol–water partition coefficient (Wildman–Crippen LogP) is 2.67. The van der Waals surface area contributed by atoms with Crippen LogP contribution in [0.5, 0.6) is 5.75 Å². The molecule has 3 aliphatic rings. The van der Waals surface area contributed by atoms with E-state index in [2.05, 4.69) is 5.32 Å². The van der Waals surface area contributed by atoms with Crippen LogP contribution in [0.15, 0.2) is 81.7 Å². The van der Waals surface area contributed by atoms with Crippen molar-refractivity contribution < 1.29 is 39.2 Å². The standard InChI is InChI=1S/C33H33N3O8/c1-36(2)27-21-13-17-12-20-19(23-11-8-18(44-23)15-35-14-16-6-4-3-5-7-16)9-10-22(37)25(20)28(38)24(17)30(40)33(21,43)31(41)26(29(27)39)32(34)42/h3-11,17,21,27,35,37,39-40,43H,12-15H2,1-2H3,(H2,34,42)/t17-,21-,27?,33+/m1/s1. The molecule has 228 valence electrons. The van der Waals surface area contributed by atoms with Gasteiger partial charge in [0.15, 0.2) is 11.4 Å². The number of furan rings is 1. The van der Waals surface area contributed by atoms with E-state index in [4.69, 9.17) is 10.2 Å². The lowest BCUT2D eigenvalue weighted by atomic mass is 9.58. The number of nitrogens with zero attached hydrogens (tertiary/aromatic N) is 1. The third-order valence-corrected chi connectivity index (χ3v) is 9.00. The van der Waals surface area contributed by atoms with Gasteiger partial charge in [-0.1, -0.05) is 30.3 Å². The minimum Gasteiger partial charge on any atom is -0.510 e. The van der Waals surface area contributed by atoms with Crippen molar-refractivity contribution >= 4 is 17.5 Å². The van der Waals surface area contributed by atoms with Crippen molar-refractivity contribution in [2.24, 2.45) is 17.6 Å². The number of aliphatic hydroxyl groups is 3. The first kappa shape index (κ1) is 29.4. The molecule has 1 aromatic heterocycles. The number of hydrogen-bond donors (Lipinski definition) is 6. The van der Waals surface area contributed by atoms with Crippen molar-refractivity contribution in [2.75, 3.05) is 14.1 Å². The van der Waals surface area contributed by atoms with Gasteiger partial charge < -0.3 is 35.9 Å². The molecule has 7 N–H and O–H groups in total. The van der Waals surface area contributed by atoms with Gasteiger partial charge in [-0.15, -0.1) is 0 Å². The molecule has 3 aromatic rings. The first-order valence-corrected chi connectivity index (χ1v) is 14.3. The molecule has 0 fully saturated rings. The molecule has 1 heterocycles. The van der Waals surface area contributed by atoms with E-state index >= 15 is 0 Å². The summed E-state index contributed by atoms with van der Waals surface area (Å²) in [5, 5.41) is 48.3. The summed E-state index contributed by atoms with van der Waals surface area (Å²) >= 11 is 0. The second kappa shape index (κ2) is 10.8. The van der Waals surface area contributed by atoms with Crippen molar-refractivity contribution in [3.63, 3.8) is 0 Å². The number of likely N-dealkylation sites (N-methyl/N-ethyl adjacent to an activating group) is 1. The van der Waals surface area contributed by atoms with Crippen molar-refractivity contribution in [3.8, 4) is 17.1 Å². The van der Waals surface area contributed by atoms with Crippen molar-refractivity contribution in [1.82, 2.24) is 10.2 Å². The zero-order valence-corrected chi connectivity index (χ0v) is 24.2. The van der Waals surface area contributed by atoms with Crippen LogP contribution in [0.4, 0.5) is 0 Å². The molecule has 6 rings (SSSR count). The number of ketones is 2. The number of phenols is 1. The number of Topliss-reactive ketones (excluding diaryl/α,β-unsaturated/α-hetero) is 2. The Labute approximate surface area is 252 Å². The Morgan fingerprint density at radius 3 is 2.45 bits per heavy atom. The zero-order valence-electron chi connectivity index (χ0n) is 24.2. The summed E-state index contributed by atoms with van der Waals surface area (Å²) in [6.45, 7) is 1.11. The van der Waals surface area contributed by atoms with E-state index in [1.54, 1.807) is 26.2 Å². The Morgan fingerprint density at radius 1 is 1.05 bits per heavy atom. The normalized spacial score (nSPS) is 24.8. The second-order valence-electron chi connectivity index (χ2n) is 11.8. The number of amides is 1. The number of rotatable bonds is 7. The molecule has 3 aliphatic carbocycles. The van der Waals surface area contributed by atoms with Gasteiger partial charge in [0, 0.05) is 23.6 Å². The molecule has 11 nitrogen and oxygen atoms in total. The number of fused-ring (bicyclic) bond motifs is 3. The van der Waals surface area contributed by atoms with E-state index in [0.717, 1.165) is 5.56 Å². The zero-order chi connectivity index (χ0) is 31.5. The highest BCUT2D eigenvalue weighted by molar-refractivity contribution is 6.24. The van der Waals surface area contributed by atoms with Gasteiger partial charge >= 0.3 is 0 Å². The third kappa shape index (κ3) is 4.43. The number of carbonyl (C=O) groups is 3. The Kier molecular flexibility index (Phi) is 7.19. The monoisotopic (exact) mass is 599 g/mol. The number of nitrogens with one attached hydrogen (secondary N) is 1. The maximum absolute atomic E-state index is 14.0. The summed E-state index contributed by atoms with van der Waals surface area (Å²) in [4.78, 5) is 41.1. The number of allylic oxidation sites excluding steroid dienone is 1. The summed E-state index contributed by atoms with van der Waals surface area (Å²) in [5.41, 5.74) is 3.81. The predicted molar refractivity (Wildman–Crippen MR) is 158 cm³/mol. The third-order valence-electron chi connectivity index (χ3n) is 9.00. The fourth-order valence-corrected chi connectivity index (χ4v) is 7.03. The lowest BCUT2D eigenvalue weighted by Gasteiger charge is -2.50. The molecule has 1 unspecified atom stereocenters. The van der Waals surface area contributed by atoms with Crippen LogP contribution in [0.2, 0.25) is 0 Å². The molecule has 0 saturated heterocycles. The molecular formula is C33H33N3O8. The first-order chi connectivity index (χ1) is 20.9. The Morgan fingerprint density at radius 2 is 1.77 bits per heavy atom. The molecule has 2 aromatic carbocycles. The largest absolute Gasteiger partial charge is 0.510 e. The van der Waals surface area contributed by atoms with E-state index in [1.165, 1.54) is 11.0 Å². The molecule has 4 atom stereocenters.